The maximum absolute atomic E-state index is 9.99. The molecule has 0 aliphatic carbocycles. The van der Waals surface area contributed by atoms with Crippen molar-refractivity contribution in [2.75, 3.05) is 7.11 Å². The van der Waals surface area contributed by atoms with E-state index in [0.717, 1.165) is 22.0 Å². The molecule has 0 aliphatic rings. The third kappa shape index (κ3) is 1.40. The Balaban J connectivity index is 2.95. The predicted octanol–water partition coefficient (Wildman–Crippen LogP) is 2.57. The molecule has 1 heterocycles. The van der Waals surface area contributed by atoms with Gasteiger partial charge < -0.3 is 9.84 Å². The van der Waals surface area contributed by atoms with Crippen molar-refractivity contribution in [1.29, 1.82) is 0 Å². The van der Waals surface area contributed by atoms with Crippen LogP contribution in [0.2, 0.25) is 0 Å². The Hall–Kier alpha value is -1.77. The van der Waals surface area contributed by atoms with Crippen molar-refractivity contribution in [3.8, 4) is 11.5 Å². The van der Waals surface area contributed by atoms with E-state index in [1.54, 1.807) is 19.4 Å². The van der Waals surface area contributed by atoms with Gasteiger partial charge in [0.1, 0.15) is 0 Å². The number of methoxy groups -OCH3 is 1. The van der Waals surface area contributed by atoms with Crippen LogP contribution in [0.1, 0.15) is 11.1 Å². The molecule has 0 saturated heterocycles. The summed E-state index contributed by atoms with van der Waals surface area (Å²) >= 11 is 0. The summed E-state index contributed by atoms with van der Waals surface area (Å²) in [5.74, 6) is 0.666. The monoisotopic (exact) mass is 203 g/mol. The Bertz CT molecular complexity index is 521. The fourth-order valence-corrected chi connectivity index (χ4v) is 1.77. The first-order chi connectivity index (χ1) is 7.15. The van der Waals surface area contributed by atoms with Gasteiger partial charge in [-0.05, 0) is 37.1 Å². The minimum absolute atomic E-state index is 0.170. The van der Waals surface area contributed by atoms with Gasteiger partial charge in [0.15, 0.2) is 11.5 Å². The number of aromatic nitrogens is 1. The topological polar surface area (TPSA) is 42.4 Å². The van der Waals surface area contributed by atoms with Crippen molar-refractivity contribution < 1.29 is 9.84 Å². The number of hydrogen-bond acceptors (Lipinski definition) is 3. The highest BCUT2D eigenvalue weighted by molar-refractivity contribution is 5.92. The largest absolute Gasteiger partial charge is 0.504 e. The van der Waals surface area contributed by atoms with Crippen molar-refractivity contribution in [1.82, 2.24) is 4.98 Å². The van der Waals surface area contributed by atoms with Crippen LogP contribution < -0.4 is 4.74 Å². The fraction of sp³-hybridized carbons (Fsp3) is 0.250. The zero-order valence-electron chi connectivity index (χ0n) is 9.03. The average Bonchev–Trinajstić information content (AvgIpc) is 2.23. The number of rotatable bonds is 1. The van der Waals surface area contributed by atoms with Gasteiger partial charge in [-0.15, -0.1) is 0 Å². The SMILES string of the molecule is COc1cc(C)c2nccc(C)c2c1O. The van der Waals surface area contributed by atoms with Gasteiger partial charge in [-0.1, -0.05) is 0 Å². The van der Waals surface area contributed by atoms with E-state index in [1.165, 1.54) is 0 Å². The number of hydrogen-bond donors (Lipinski definition) is 1. The van der Waals surface area contributed by atoms with Gasteiger partial charge in [0, 0.05) is 11.6 Å². The van der Waals surface area contributed by atoms with Crippen LogP contribution in [0.25, 0.3) is 10.9 Å². The molecule has 0 bridgehead atoms. The summed E-state index contributed by atoms with van der Waals surface area (Å²) in [5.41, 5.74) is 2.83. The van der Waals surface area contributed by atoms with Gasteiger partial charge in [0.25, 0.3) is 0 Å². The maximum atomic E-state index is 9.99. The van der Waals surface area contributed by atoms with Gasteiger partial charge in [0.05, 0.1) is 12.6 Å². The molecule has 1 N–H and O–H groups in total. The van der Waals surface area contributed by atoms with Crippen molar-refractivity contribution in [3.05, 3.63) is 29.5 Å². The van der Waals surface area contributed by atoms with Crippen LogP contribution in [-0.4, -0.2) is 17.2 Å². The zero-order valence-corrected chi connectivity index (χ0v) is 9.03. The number of phenolic OH excluding ortho intramolecular Hbond substituents is 1. The molecule has 3 nitrogen and oxygen atoms in total. The lowest BCUT2D eigenvalue weighted by Crippen LogP contribution is -1.91. The number of pyridine rings is 1. The third-order valence-electron chi connectivity index (χ3n) is 2.57. The van der Waals surface area contributed by atoms with Crippen molar-refractivity contribution in [3.63, 3.8) is 0 Å². The lowest BCUT2D eigenvalue weighted by molar-refractivity contribution is 0.376. The highest BCUT2D eigenvalue weighted by Gasteiger charge is 2.12. The fourth-order valence-electron chi connectivity index (χ4n) is 1.77. The predicted molar refractivity (Wildman–Crippen MR) is 59.4 cm³/mol. The summed E-state index contributed by atoms with van der Waals surface area (Å²) in [4.78, 5) is 4.26. The Kier molecular flexibility index (Phi) is 2.23. The van der Waals surface area contributed by atoms with E-state index in [4.69, 9.17) is 4.74 Å². The first-order valence-corrected chi connectivity index (χ1v) is 4.77. The molecule has 15 heavy (non-hydrogen) atoms. The van der Waals surface area contributed by atoms with Crippen LogP contribution in [0.3, 0.4) is 0 Å². The molecule has 0 saturated carbocycles. The van der Waals surface area contributed by atoms with Gasteiger partial charge in [0.2, 0.25) is 0 Å². The van der Waals surface area contributed by atoms with E-state index in [2.05, 4.69) is 4.98 Å². The first kappa shape index (κ1) is 9.77. The number of benzene rings is 1. The van der Waals surface area contributed by atoms with Gasteiger partial charge in [-0.25, -0.2) is 0 Å². The Morgan fingerprint density at radius 1 is 1.27 bits per heavy atom. The molecule has 0 amide bonds. The molecule has 0 radical (unpaired) electrons. The van der Waals surface area contributed by atoms with Gasteiger partial charge in [-0.2, -0.15) is 0 Å². The Morgan fingerprint density at radius 3 is 2.67 bits per heavy atom. The second kappa shape index (κ2) is 3.42. The molecule has 0 atom stereocenters. The van der Waals surface area contributed by atoms with Crippen LogP contribution in [0.4, 0.5) is 0 Å². The van der Waals surface area contributed by atoms with Crippen molar-refractivity contribution in [2.45, 2.75) is 13.8 Å². The van der Waals surface area contributed by atoms with Gasteiger partial charge >= 0.3 is 0 Å². The standard InChI is InChI=1S/C12H13NO2/c1-7-4-5-13-11-8(2)6-9(15-3)12(14)10(7)11/h4-6,14H,1-3H3. The zero-order chi connectivity index (χ0) is 11.0. The molecular formula is C12H13NO2. The molecule has 2 aromatic rings. The maximum Gasteiger partial charge on any atom is 0.167 e. The van der Waals surface area contributed by atoms with E-state index < -0.39 is 0 Å². The average molecular weight is 203 g/mol. The molecule has 3 heteroatoms. The van der Waals surface area contributed by atoms with E-state index in [-0.39, 0.29) is 5.75 Å². The van der Waals surface area contributed by atoms with Crippen LogP contribution in [0.5, 0.6) is 11.5 Å². The second-order valence-corrected chi connectivity index (χ2v) is 3.60. The number of ether oxygens (including phenoxy) is 1. The first-order valence-electron chi connectivity index (χ1n) is 4.77. The normalized spacial score (nSPS) is 10.6. The van der Waals surface area contributed by atoms with Crippen LogP contribution in [0, 0.1) is 13.8 Å². The minimum Gasteiger partial charge on any atom is -0.504 e. The lowest BCUT2D eigenvalue weighted by Gasteiger charge is -2.10. The summed E-state index contributed by atoms with van der Waals surface area (Å²) in [7, 11) is 1.55. The Labute approximate surface area is 88.3 Å². The van der Waals surface area contributed by atoms with Crippen LogP contribution in [0.15, 0.2) is 18.3 Å². The highest BCUT2D eigenvalue weighted by Crippen LogP contribution is 2.37. The second-order valence-electron chi connectivity index (χ2n) is 3.60. The molecule has 2 rings (SSSR count). The molecule has 78 valence electrons. The molecule has 0 spiro atoms. The molecule has 1 aromatic carbocycles. The van der Waals surface area contributed by atoms with Crippen molar-refractivity contribution >= 4 is 10.9 Å². The molecule has 0 fully saturated rings. The quantitative estimate of drug-likeness (QED) is 0.774. The number of aromatic hydroxyl groups is 1. The van der Waals surface area contributed by atoms with Crippen LogP contribution in [-0.2, 0) is 0 Å². The van der Waals surface area contributed by atoms with E-state index in [0.29, 0.717) is 5.75 Å². The van der Waals surface area contributed by atoms with E-state index >= 15 is 0 Å². The molecule has 0 aliphatic heterocycles. The Morgan fingerprint density at radius 2 is 2.00 bits per heavy atom. The lowest BCUT2D eigenvalue weighted by atomic mass is 10.1. The van der Waals surface area contributed by atoms with Gasteiger partial charge in [-0.3, -0.25) is 4.98 Å². The highest BCUT2D eigenvalue weighted by atomic mass is 16.5. The van der Waals surface area contributed by atoms with Crippen molar-refractivity contribution in [2.24, 2.45) is 0 Å². The molecule has 1 aromatic heterocycles. The van der Waals surface area contributed by atoms with Crippen LogP contribution >= 0.6 is 0 Å². The minimum atomic E-state index is 0.170. The summed E-state index contributed by atoms with van der Waals surface area (Å²) in [6.45, 7) is 3.90. The molecule has 0 unspecified atom stereocenters. The summed E-state index contributed by atoms with van der Waals surface area (Å²) in [6.07, 6.45) is 1.75. The summed E-state index contributed by atoms with van der Waals surface area (Å²) in [6, 6.07) is 3.67. The molecular weight excluding hydrogens is 190 g/mol. The van der Waals surface area contributed by atoms with E-state index in [9.17, 15) is 5.11 Å². The van der Waals surface area contributed by atoms with E-state index in [1.807, 2.05) is 19.9 Å². The number of phenols is 1. The summed E-state index contributed by atoms with van der Waals surface area (Å²) < 4.78 is 5.11. The number of fused-ring (bicyclic) bond motifs is 1. The number of aryl methyl sites for hydroxylation is 2. The number of nitrogens with zero attached hydrogens (tertiary/aromatic N) is 1. The third-order valence-corrected chi connectivity index (χ3v) is 2.57. The summed E-state index contributed by atoms with van der Waals surface area (Å²) in [5, 5.41) is 10.8. The smallest absolute Gasteiger partial charge is 0.167 e.